The maximum absolute atomic E-state index is 5.98. The van der Waals surface area contributed by atoms with Gasteiger partial charge in [0.25, 0.3) is 0 Å². The summed E-state index contributed by atoms with van der Waals surface area (Å²) in [4.78, 5) is 0. The van der Waals surface area contributed by atoms with E-state index in [0.29, 0.717) is 5.02 Å². The number of hydrogen-bond donors (Lipinski definition) is 2. The molecule has 0 aromatic heterocycles. The van der Waals surface area contributed by atoms with E-state index in [9.17, 15) is 0 Å². The fraction of sp³-hybridized carbons (Fsp3) is 0.500. The predicted molar refractivity (Wildman–Crippen MR) is 66.0 cm³/mol. The lowest BCUT2D eigenvalue weighted by molar-refractivity contribution is 0.111. The molecule has 17 heavy (non-hydrogen) atoms. The Hall–Kier alpha value is -0.970. The molecule has 2 fully saturated rings. The van der Waals surface area contributed by atoms with Gasteiger partial charge >= 0.3 is 0 Å². The minimum absolute atomic E-state index is 0.232. The average Bonchev–Trinajstić information content (AvgIpc) is 2.19. The molecule has 5 heteroatoms. The molecule has 1 aromatic carbocycles. The maximum atomic E-state index is 5.98. The van der Waals surface area contributed by atoms with E-state index in [1.54, 1.807) is 0 Å². The molecule has 0 unspecified atom stereocenters. The van der Waals surface area contributed by atoms with E-state index in [4.69, 9.17) is 21.1 Å². The highest BCUT2D eigenvalue weighted by atomic mass is 35.5. The van der Waals surface area contributed by atoms with E-state index in [1.807, 2.05) is 18.2 Å². The normalized spacial score (nSPS) is 20.5. The third kappa shape index (κ3) is 2.49. The van der Waals surface area contributed by atoms with Crippen molar-refractivity contribution < 1.29 is 9.47 Å². The molecule has 0 spiro atoms. The number of ether oxygens (including phenoxy) is 2. The van der Waals surface area contributed by atoms with Crippen molar-refractivity contribution in [2.75, 3.05) is 26.2 Å². The Bertz CT molecular complexity index is 405. The van der Waals surface area contributed by atoms with Crippen LogP contribution in [0.5, 0.6) is 11.5 Å². The van der Waals surface area contributed by atoms with Gasteiger partial charge < -0.3 is 20.1 Å². The molecule has 2 heterocycles. The first-order valence-electron chi connectivity index (χ1n) is 5.85. The summed E-state index contributed by atoms with van der Waals surface area (Å²) >= 11 is 5.98. The largest absolute Gasteiger partial charge is 0.484 e. The van der Waals surface area contributed by atoms with E-state index in [2.05, 4.69) is 10.6 Å². The van der Waals surface area contributed by atoms with Crippen molar-refractivity contribution in [3.8, 4) is 11.5 Å². The van der Waals surface area contributed by atoms with Crippen molar-refractivity contribution in [2.24, 2.45) is 0 Å². The van der Waals surface area contributed by atoms with Crippen LogP contribution in [0.3, 0.4) is 0 Å². The van der Waals surface area contributed by atoms with Crippen LogP contribution in [-0.4, -0.2) is 38.4 Å². The van der Waals surface area contributed by atoms with Crippen molar-refractivity contribution in [3.63, 3.8) is 0 Å². The molecule has 4 nitrogen and oxygen atoms in total. The van der Waals surface area contributed by atoms with Crippen LogP contribution in [0.1, 0.15) is 0 Å². The van der Waals surface area contributed by atoms with Crippen LogP contribution in [0.25, 0.3) is 0 Å². The molecule has 3 rings (SSSR count). The fourth-order valence-corrected chi connectivity index (χ4v) is 1.88. The number of nitrogens with one attached hydrogen (secondary N) is 2. The zero-order valence-corrected chi connectivity index (χ0v) is 10.2. The Morgan fingerprint density at radius 1 is 0.941 bits per heavy atom. The van der Waals surface area contributed by atoms with Crippen LogP contribution in [0.15, 0.2) is 18.2 Å². The molecule has 0 aliphatic carbocycles. The van der Waals surface area contributed by atoms with Crippen LogP contribution in [0.2, 0.25) is 5.02 Å². The molecule has 0 bridgehead atoms. The van der Waals surface area contributed by atoms with Crippen molar-refractivity contribution in [3.05, 3.63) is 23.2 Å². The van der Waals surface area contributed by atoms with Crippen molar-refractivity contribution >= 4 is 11.6 Å². The summed E-state index contributed by atoms with van der Waals surface area (Å²) in [5, 5.41) is 7.02. The molecule has 0 atom stereocenters. The highest BCUT2D eigenvalue weighted by Crippen LogP contribution is 2.32. The fourth-order valence-electron chi connectivity index (χ4n) is 1.72. The summed E-state index contributed by atoms with van der Waals surface area (Å²) in [5.41, 5.74) is 0. The van der Waals surface area contributed by atoms with Gasteiger partial charge in [-0.15, -0.1) is 0 Å². The summed E-state index contributed by atoms with van der Waals surface area (Å²) < 4.78 is 11.7. The molecule has 2 aliphatic rings. The summed E-state index contributed by atoms with van der Waals surface area (Å²) in [7, 11) is 0. The second-order valence-corrected chi connectivity index (χ2v) is 4.82. The molecular formula is C12H15ClN2O2. The Kier molecular flexibility index (Phi) is 3.09. The molecule has 2 aliphatic heterocycles. The Morgan fingerprint density at radius 3 is 2.06 bits per heavy atom. The molecule has 2 saturated heterocycles. The third-order valence-corrected chi connectivity index (χ3v) is 3.22. The SMILES string of the molecule is Clc1ccc(OC2CNC2)c(OC2CNC2)c1. The topological polar surface area (TPSA) is 42.5 Å². The van der Waals surface area contributed by atoms with Crippen molar-refractivity contribution in [2.45, 2.75) is 12.2 Å². The van der Waals surface area contributed by atoms with Gasteiger partial charge in [-0.3, -0.25) is 0 Å². The molecule has 0 amide bonds. The Morgan fingerprint density at radius 2 is 1.53 bits per heavy atom. The van der Waals surface area contributed by atoms with Crippen LogP contribution in [0, 0.1) is 0 Å². The van der Waals surface area contributed by atoms with Crippen molar-refractivity contribution in [1.82, 2.24) is 10.6 Å². The summed E-state index contributed by atoms with van der Waals surface area (Å²) in [6, 6.07) is 5.53. The van der Waals surface area contributed by atoms with Gasteiger partial charge in [-0.2, -0.15) is 0 Å². The number of benzene rings is 1. The van der Waals surface area contributed by atoms with Gasteiger partial charge in [-0.25, -0.2) is 0 Å². The second kappa shape index (κ2) is 4.72. The first-order valence-corrected chi connectivity index (χ1v) is 6.23. The first kappa shape index (κ1) is 11.1. The van der Waals surface area contributed by atoms with E-state index in [-0.39, 0.29) is 12.2 Å². The third-order valence-electron chi connectivity index (χ3n) is 2.98. The van der Waals surface area contributed by atoms with Gasteiger partial charge in [0.1, 0.15) is 12.2 Å². The highest BCUT2D eigenvalue weighted by molar-refractivity contribution is 6.30. The highest BCUT2D eigenvalue weighted by Gasteiger charge is 2.23. The van der Waals surface area contributed by atoms with Crippen LogP contribution in [-0.2, 0) is 0 Å². The predicted octanol–water partition coefficient (Wildman–Crippen LogP) is 1.04. The lowest BCUT2D eigenvalue weighted by Crippen LogP contribution is -2.51. The lowest BCUT2D eigenvalue weighted by atomic mass is 10.2. The zero-order chi connectivity index (χ0) is 11.7. The van der Waals surface area contributed by atoms with E-state index in [0.717, 1.165) is 37.7 Å². The van der Waals surface area contributed by atoms with Crippen LogP contribution in [0.4, 0.5) is 0 Å². The van der Waals surface area contributed by atoms with Gasteiger partial charge in [-0.05, 0) is 12.1 Å². The minimum Gasteiger partial charge on any atom is -0.484 e. The Balaban J connectivity index is 1.74. The number of hydrogen-bond acceptors (Lipinski definition) is 4. The smallest absolute Gasteiger partial charge is 0.163 e. The summed E-state index contributed by atoms with van der Waals surface area (Å²) in [5.74, 6) is 1.53. The summed E-state index contributed by atoms with van der Waals surface area (Å²) in [6.45, 7) is 3.56. The average molecular weight is 255 g/mol. The van der Waals surface area contributed by atoms with Crippen LogP contribution < -0.4 is 20.1 Å². The zero-order valence-electron chi connectivity index (χ0n) is 9.41. The maximum Gasteiger partial charge on any atom is 0.163 e. The number of rotatable bonds is 4. The van der Waals surface area contributed by atoms with Gasteiger partial charge in [0.05, 0.1) is 0 Å². The lowest BCUT2D eigenvalue weighted by Gasteiger charge is -2.31. The van der Waals surface area contributed by atoms with Crippen molar-refractivity contribution in [1.29, 1.82) is 0 Å². The van der Waals surface area contributed by atoms with E-state index in [1.165, 1.54) is 0 Å². The van der Waals surface area contributed by atoms with Gasteiger partial charge in [0.15, 0.2) is 11.5 Å². The molecule has 0 radical (unpaired) electrons. The first-order chi connectivity index (χ1) is 8.31. The molecule has 0 saturated carbocycles. The standard InChI is InChI=1S/C12H15ClN2O2/c13-8-1-2-11(16-9-4-14-5-9)12(3-8)17-10-6-15-7-10/h1-3,9-10,14-15H,4-7H2. The molecule has 1 aromatic rings. The minimum atomic E-state index is 0.232. The van der Waals surface area contributed by atoms with E-state index < -0.39 is 0 Å². The van der Waals surface area contributed by atoms with Gasteiger partial charge in [0, 0.05) is 37.3 Å². The summed E-state index contributed by atoms with van der Waals surface area (Å²) in [6.07, 6.45) is 0.480. The molecule has 92 valence electrons. The quantitative estimate of drug-likeness (QED) is 0.843. The van der Waals surface area contributed by atoms with Crippen LogP contribution >= 0.6 is 11.6 Å². The molecule has 2 N–H and O–H groups in total. The van der Waals surface area contributed by atoms with Gasteiger partial charge in [-0.1, -0.05) is 11.6 Å². The van der Waals surface area contributed by atoms with Gasteiger partial charge in [0.2, 0.25) is 0 Å². The monoisotopic (exact) mass is 254 g/mol. The molecular weight excluding hydrogens is 240 g/mol. The number of halogens is 1. The Labute approximate surface area is 105 Å². The second-order valence-electron chi connectivity index (χ2n) is 4.39. The van der Waals surface area contributed by atoms with E-state index >= 15 is 0 Å².